The Kier molecular flexibility index (Phi) is 35.6. The van der Waals surface area contributed by atoms with Crippen LogP contribution in [0.2, 0.25) is 0 Å². The molecule has 1 aliphatic carbocycles. The summed E-state index contributed by atoms with van der Waals surface area (Å²) in [5.74, 6) is 0.204. The van der Waals surface area contributed by atoms with Crippen LogP contribution in [0, 0.1) is 20.0 Å². The van der Waals surface area contributed by atoms with E-state index in [9.17, 15) is 22.1 Å². The first-order valence-corrected chi connectivity index (χ1v) is 4.15. The average molecular weight is 335 g/mol. The molecule has 0 atom stereocenters. The van der Waals surface area contributed by atoms with E-state index in [-0.39, 0.29) is 22.9 Å². The number of ketones is 1. The van der Waals surface area contributed by atoms with Crippen molar-refractivity contribution in [3.8, 4) is 0 Å². The van der Waals surface area contributed by atoms with Crippen LogP contribution >= 0.6 is 0 Å². The Morgan fingerprint density at radius 3 is 1.45 bits per heavy atom. The summed E-state index contributed by atoms with van der Waals surface area (Å²) < 4.78 is 61.5. The molecule has 0 saturated carbocycles. The van der Waals surface area contributed by atoms with Gasteiger partial charge in [0.1, 0.15) is 0 Å². The molecule has 0 bridgehead atoms. The van der Waals surface area contributed by atoms with Crippen LogP contribution in [0.4, 0.5) is 17.3 Å². The van der Waals surface area contributed by atoms with Crippen LogP contribution in [-0.2, 0) is 35.8 Å². The number of hydrogen-bond acceptors (Lipinski definition) is 1. The molecule has 112 valence electrons. The van der Waals surface area contributed by atoms with Crippen LogP contribution in [0.1, 0.15) is 13.3 Å². The van der Waals surface area contributed by atoms with Crippen molar-refractivity contribution in [2.75, 3.05) is 0 Å². The molecule has 0 heterocycles. The van der Waals surface area contributed by atoms with Gasteiger partial charge in [0.05, 0.1) is 0 Å². The molecule has 1 rings (SSSR count). The molecule has 0 aromatic heterocycles. The van der Waals surface area contributed by atoms with Crippen molar-refractivity contribution in [3.05, 3.63) is 43.8 Å². The van der Waals surface area contributed by atoms with Crippen LogP contribution in [-0.4, -0.2) is 13.0 Å². The fraction of sp³-hybridized carbons (Fsp3) is 0.200. The maximum absolute atomic E-state index is 10.5. The van der Waals surface area contributed by atoms with Gasteiger partial charge in [0.25, 0.3) is 0 Å². The molecule has 0 fully saturated rings. The van der Waals surface area contributed by atoms with E-state index in [4.69, 9.17) is 14.0 Å². The fourth-order valence-corrected chi connectivity index (χ4v) is 0.622. The molecular formula is C10H8BF4FeO4-. The Hall–Kier alpha value is -1.33. The van der Waals surface area contributed by atoms with E-state index in [1.54, 1.807) is 6.08 Å². The minimum atomic E-state index is -6.00. The van der Waals surface area contributed by atoms with E-state index in [0.717, 1.165) is 0 Å². The summed E-state index contributed by atoms with van der Waals surface area (Å²) in [6.07, 6.45) is 5.98. The summed E-state index contributed by atoms with van der Waals surface area (Å²) in [7, 11) is -6.00. The Balaban J connectivity index is -0.0000000550. The van der Waals surface area contributed by atoms with E-state index in [2.05, 4.69) is 20.0 Å². The number of allylic oxidation sites excluding steroid dienone is 4. The van der Waals surface area contributed by atoms with Gasteiger partial charge in [-0.05, 0) is 13.0 Å². The van der Waals surface area contributed by atoms with E-state index in [1.807, 2.05) is 19.1 Å². The van der Waals surface area contributed by atoms with E-state index < -0.39 is 7.25 Å². The van der Waals surface area contributed by atoms with Gasteiger partial charge in [-0.3, -0.25) is 4.79 Å². The molecule has 4 nitrogen and oxygen atoms in total. The van der Waals surface area contributed by atoms with Gasteiger partial charge in [-0.2, -0.15) is 0 Å². The van der Waals surface area contributed by atoms with Crippen molar-refractivity contribution in [2.45, 2.75) is 13.3 Å². The molecule has 0 aliphatic heterocycles. The third-order valence-corrected chi connectivity index (χ3v) is 1.16. The van der Waals surface area contributed by atoms with Gasteiger partial charge in [-0.1, -0.05) is 17.7 Å². The molecule has 0 amide bonds. The summed E-state index contributed by atoms with van der Waals surface area (Å²) in [5.41, 5.74) is 1.18. The molecule has 0 aromatic carbocycles. The molecule has 0 N–H and O–H groups in total. The molecule has 0 unspecified atom stereocenters. The Bertz CT molecular complexity index is 335. The Labute approximate surface area is 124 Å². The summed E-state index contributed by atoms with van der Waals surface area (Å²) >= 11 is 0. The van der Waals surface area contributed by atoms with Crippen LogP contribution in [0.25, 0.3) is 0 Å². The van der Waals surface area contributed by atoms with Crippen LogP contribution in [0.3, 0.4) is 0 Å². The van der Waals surface area contributed by atoms with Crippen molar-refractivity contribution in [2.24, 2.45) is 0 Å². The van der Waals surface area contributed by atoms with Crippen LogP contribution < -0.4 is 0 Å². The predicted molar refractivity (Wildman–Crippen MR) is 54.5 cm³/mol. The van der Waals surface area contributed by atoms with Crippen molar-refractivity contribution in [1.82, 2.24) is 0 Å². The minimum Gasteiger partial charge on any atom is 0 e. The molecule has 1 aliphatic rings. The first-order valence-electron chi connectivity index (χ1n) is 4.15. The first kappa shape index (κ1) is 31.2. The van der Waals surface area contributed by atoms with Crippen molar-refractivity contribution >= 4 is 13.0 Å². The molecule has 0 spiro atoms. The number of carbonyl (C=O) groups is 1. The third-order valence-electron chi connectivity index (χ3n) is 1.16. The largest absolute Gasteiger partial charge is 0 e. The summed E-state index contributed by atoms with van der Waals surface area (Å²) in [6.45, 7) is 15.5. The summed E-state index contributed by atoms with van der Waals surface area (Å²) in [6, 6.07) is 0. The first-order chi connectivity index (χ1) is 8.79. The zero-order valence-corrected chi connectivity index (χ0v) is 11.1. The number of rotatable bonds is 0. The summed E-state index contributed by atoms with van der Waals surface area (Å²) in [4.78, 5) is 10.5. The molecule has 0 saturated heterocycles. The monoisotopic (exact) mass is 335 g/mol. The van der Waals surface area contributed by atoms with Crippen molar-refractivity contribution in [1.29, 1.82) is 0 Å². The zero-order chi connectivity index (χ0) is 16.5. The second-order valence-electron chi connectivity index (χ2n) is 2.45. The maximum atomic E-state index is 10.5. The molecule has 20 heavy (non-hydrogen) atoms. The zero-order valence-electron chi connectivity index (χ0n) is 10.0. The molecular weight excluding hydrogens is 327 g/mol. The SMILES string of the molecule is CC1=CCC(=O)C=C1.F[B-](F)(F)F.[C-]#[O+].[C-]#[O+].[C-]#[O+].[Fe]. The van der Waals surface area contributed by atoms with Gasteiger partial charge in [-0.25, -0.2) is 0 Å². The quantitative estimate of drug-likeness (QED) is 0.290. The third kappa shape index (κ3) is 54.4. The molecule has 10 heteroatoms. The van der Waals surface area contributed by atoms with Crippen molar-refractivity contribution in [3.63, 3.8) is 0 Å². The molecule has 0 aromatic rings. The predicted octanol–water partition coefficient (Wildman–Crippen LogP) is 2.65. The van der Waals surface area contributed by atoms with E-state index in [1.165, 1.54) is 5.57 Å². The van der Waals surface area contributed by atoms with E-state index >= 15 is 0 Å². The van der Waals surface area contributed by atoms with Crippen molar-refractivity contribution < 1.29 is 53.1 Å². The standard InChI is InChI=1S/C7H8O.3CO.BF4.Fe/c1-6-2-4-7(8)5-3-6;3*1-2;2-1(3,4)5;/h2-4H,5H2,1H3;;;;;/q;;;;-1;. The van der Waals surface area contributed by atoms with Crippen LogP contribution in [0.5, 0.6) is 0 Å². The van der Waals surface area contributed by atoms with Gasteiger partial charge in [-0.15, -0.1) is 0 Å². The second kappa shape index (κ2) is 22.8. The second-order valence-corrected chi connectivity index (χ2v) is 2.45. The number of carbonyl (C=O) groups excluding carboxylic acids is 1. The Morgan fingerprint density at radius 1 is 1.00 bits per heavy atom. The average Bonchev–Trinajstić information content (AvgIpc) is 2.38. The minimum absolute atomic E-state index is 0. The fourth-order valence-electron chi connectivity index (χ4n) is 0.622. The number of halogens is 4. The molecule has 0 radical (unpaired) electrons. The topological polar surface area (TPSA) is 76.8 Å². The van der Waals surface area contributed by atoms with Gasteiger partial charge < -0.3 is 17.3 Å². The normalized spacial score (nSPS) is 10.8. The van der Waals surface area contributed by atoms with Gasteiger partial charge in [0.15, 0.2) is 5.78 Å². The van der Waals surface area contributed by atoms with Gasteiger partial charge in [0, 0.05) is 23.5 Å². The van der Waals surface area contributed by atoms with Gasteiger partial charge >= 0.3 is 41.2 Å². The smallest absolute Gasteiger partial charge is 0 e. The van der Waals surface area contributed by atoms with Crippen LogP contribution in [0.15, 0.2) is 23.8 Å². The maximum Gasteiger partial charge on any atom is 0 e. The van der Waals surface area contributed by atoms with E-state index in [0.29, 0.717) is 6.42 Å². The Morgan fingerprint density at radius 2 is 1.30 bits per heavy atom. The van der Waals surface area contributed by atoms with Gasteiger partial charge in [0.2, 0.25) is 0 Å². The summed E-state index contributed by atoms with van der Waals surface area (Å²) in [5, 5.41) is 0. The number of hydrogen-bond donors (Lipinski definition) is 0.